The van der Waals surface area contributed by atoms with Crippen LogP contribution in [0.2, 0.25) is 0 Å². The summed E-state index contributed by atoms with van der Waals surface area (Å²) in [4.78, 5) is 0. The standard InChI is InChI=1S/C11H17NO2/c1-2-14-11-6-4-3-5-9(11)7-10(13)8-12/h3-6,10,13H,2,7-8,12H2,1H3. The second kappa shape index (κ2) is 5.62. The lowest BCUT2D eigenvalue weighted by Crippen LogP contribution is -2.22. The van der Waals surface area contributed by atoms with Crippen molar-refractivity contribution in [2.45, 2.75) is 19.4 Å². The summed E-state index contributed by atoms with van der Waals surface area (Å²) in [6, 6.07) is 7.70. The van der Waals surface area contributed by atoms with Gasteiger partial charge in [0.15, 0.2) is 0 Å². The van der Waals surface area contributed by atoms with E-state index in [0.29, 0.717) is 13.0 Å². The van der Waals surface area contributed by atoms with Crippen LogP contribution in [0, 0.1) is 0 Å². The zero-order valence-corrected chi connectivity index (χ0v) is 8.44. The molecule has 1 aromatic rings. The Bertz CT molecular complexity index is 276. The Hall–Kier alpha value is -1.06. The van der Waals surface area contributed by atoms with Crippen molar-refractivity contribution in [1.82, 2.24) is 0 Å². The molecule has 0 amide bonds. The average Bonchev–Trinajstić information content (AvgIpc) is 2.21. The number of aliphatic hydroxyl groups is 1. The minimum atomic E-state index is -0.489. The summed E-state index contributed by atoms with van der Waals surface area (Å²) < 4.78 is 5.43. The molecular formula is C11H17NO2. The molecule has 78 valence electrons. The van der Waals surface area contributed by atoms with Crippen LogP contribution in [0.3, 0.4) is 0 Å². The lowest BCUT2D eigenvalue weighted by atomic mass is 10.1. The van der Waals surface area contributed by atoms with Crippen LogP contribution in [0.5, 0.6) is 5.75 Å². The second-order valence-corrected chi connectivity index (χ2v) is 3.13. The molecule has 1 rings (SSSR count). The van der Waals surface area contributed by atoms with E-state index in [0.717, 1.165) is 11.3 Å². The van der Waals surface area contributed by atoms with Gasteiger partial charge in [-0.25, -0.2) is 0 Å². The number of ether oxygens (including phenoxy) is 1. The Balaban J connectivity index is 2.73. The topological polar surface area (TPSA) is 55.5 Å². The Morgan fingerprint density at radius 2 is 2.14 bits per heavy atom. The molecule has 0 bridgehead atoms. The number of hydrogen-bond donors (Lipinski definition) is 2. The van der Waals surface area contributed by atoms with Crippen LogP contribution >= 0.6 is 0 Å². The molecule has 1 unspecified atom stereocenters. The molecule has 0 aliphatic carbocycles. The highest BCUT2D eigenvalue weighted by Crippen LogP contribution is 2.19. The predicted molar refractivity (Wildman–Crippen MR) is 56.4 cm³/mol. The van der Waals surface area contributed by atoms with Gasteiger partial charge in [0, 0.05) is 13.0 Å². The summed E-state index contributed by atoms with van der Waals surface area (Å²) in [7, 11) is 0. The number of benzene rings is 1. The van der Waals surface area contributed by atoms with Crippen LogP contribution < -0.4 is 10.5 Å². The molecule has 14 heavy (non-hydrogen) atoms. The van der Waals surface area contributed by atoms with E-state index in [9.17, 15) is 5.11 Å². The maximum Gasteiger partial charge on any atom is 0.122 e. The number of hydrogen-bond acceptors (Lipinski definition) is 3. The fourth-order valence-corrected chi connectivity index (χ4v) is 1.31. The van der Waals surface area contributed by atoms with Gasteiger partial charge in [0.05, 0.1) is 12.7 Å². The van der Waals surface area contributed by atoms with Crippen molar-refractivity contribution in [3.63, 3.8) is 0 Å². The van der Waals surface area contributed by atoms with Gasteiger partial charge >= 0.3 is 0 Å². The smallest absolute Gasteiger partial charge is 0.122 e. The van der Waals surface area contributed by atoms with Gasteiger partial charge < -0.3 is 15.6 Å². The Morgan fingerprint density at radius 1 is 1.43 bits per heavy atom. The normalized spacial score (nSPS) is 12.5. The molecule has 0 aromatic heterocycles. The van der Waals surface area contributed by atoms with Gasteiger partial charge in [-0.1, -0.05) is 18.2 Å². The number of nitrogens with two attached hydrogens (primary N) is 1. The van der Waals surface area contributed by atoms with Crippen molar-refractivity contribution in [3.8, 4) is 5.75 Å². The number of aliphatic hydroxyl groups excluding tert-OH is 1. The zero-order chi connectivity index (χ0) is 10.4. The third-order valence-electron chi connectivity index (χ3n) is 2.00. The van der Waals surface area contributed by atoms with Crippen LogP contribution in [-0.2, 0) is 6.42 Å². The van der Waals surface area contributed by atoms with Crippen molar-refractivity contribution in [2.24, 2.45) is 5.73 Å². The Labute approximate surface area is 84.5 Å². The summed E-state index contributed by atoms with van der Waals surface area (Å²) in [5.74, 6) is 0.836. The largest absolute Gasteiger partial charge is 0.494 e. The molecule has 0 radical (unpaired) electrons. The average molecular weight is 195 g/mol. The van der Waals surface area contributed by atoms with Gasteiger partial charge in [-0.2, -0.15) is 0 Å². The highest BCUT2D eigenvalue weighted by Gasteiger charge is 2.07. The molecule has 0 saturated carbocycles. The van der Waals surface area contributed by atoms with Gasteiger partial charge in [0.2, 0.25) is 0 Å². The van der Waals surface area contributed by atoms with Crippen LogP contribution in [-0.4, -0.2) is 24.4 Å². The van der Waals surface area contributed by atoms with Crippen LogP contribution in [0.25, 0.3) is 0 Å². The summed E-state index contributed by atoms with van der Waals surface area (Å²) in [5, 5.41) is 9.42. The molecule has 0 fully saturated rings. The molecule has 1 atom stereocenters. The summed E-state index contributed by atoms with van der Waals surface area (Å²) in [5.41, 5.74) is 6.36. The molecule has 0 aliphatic heterocycles. The van der Waals surface area contributed by atoms with Crippen LogP contribution in [0.4, 0.5) is 0 Å². The van der Waals surface area contributed by atoms with Gasteiger partial charge in [-0.3, -0.25) is 0 Å². The van der Waals surface area contributed by atoms with E-state index in [1.54, 1.807) is 0 Å². The number of para-hydroxylation sites is 1. The zero-order valence-electron chi connectivity index (χ0n) is 8.44. The van der Waals surface area contributed by atoms with Gasteiger partial charge in [0.1, 0.15) is 5.75 Å². The molecule has 3 heteroatoms. The SMILES string of the molecule is CCOc1ccccc1CC(O)CN. The molecule has 0 aliphatic rings. The van der Waals surface area contributed by atoms with Crippen LogP contribution in [0.15, 0.2) is 24.3 Å². The molecule has 0 heterocycles. The van der Waals surface area contributed by atoms with E-state index in [-0.39, 0.29) is 6.54 Å². The molecule has 0 spiro atoms. The quantitative estimate of drug-likeness (QED) is 0.735. The molecule has 0 saturated heterocycles. The Kier molecular flexibility index (Phi) is 4.43. The summed E-state index contributed by atoms with van der Waals surface area (Å²) in [6.45, 7) is 2.85. The fraction of sp³-hybridized carbons (Fsp3) is 0.455. The van der Waals surface area contributed by atoms with E-state index in [1.807, 2.05) is 31.2 Å². The molecule has 1 aromatic carbocycles. The van der Waals surface area contributed by atoms with Crippen LogP contribution in [0.1, 0.15) is 12.5 Å². The number of rotatable bonds is 5. The van der Waals surface area contributed by atoms with Crippen molar-refractivity contribution < 1.29 is 9.84 Å². The highest BCUT2D eigenvalue weighted by atomic mass is 16.5. The summed E-state index contributed by atoms with van der Waals surface area (Å²) >= 11 is 0. The predicted octanol–water partition coefficient (Wildman–Crippen LogP) is 0.947. The van der Waals surface area contributed by atoms with Gasteiger partial charge in [-0.15, -0.1) is 0 Å². The second-order valence-electron chi connectivity index (χ2n) is 3.13. The first-order valence-electron chi connectivity index (χ1n) is 4.86. The monoisotopic (exact) mass is 195 g/mol. The molecular weight excluding hydrogens is 178 g/mol. The molecule has 3 N–H and O–H groups in total. The lowest BCUT2D eigenvalue weighted by Gasteiger charge is -2.12. The Morgan fingerprint density at radius 3 is 2.79 bits per heavy atom. The lowest BCUT2D eigenvalue weighted by molar-refractivity contribution is 0.181. The first kappa shape index (κ1) is 11.0. The fourth-order valence-electron chi connectivity index (χ4n) is 1.31. The maximum atomic E-state index is 9.42. The van der Waals surface area contributed by atoms with E-state index in [1.165, 1.54) is 0 Å². The van der Waals surface area contributed by atoms with E-state index >= 15 is 0 Å². The van der Waals surface area contributed by atoms with E-state index in [2.05, 4.69) is 0 Å². The third kappa shape index (κ3) is 3.01. The minimum Gasteiger partial charge on any atom is -0.494 e. The van der Waals surface area contributed by atoms with Crippen molar-refractivity contribution >= 4 is 0 Å². The van der Waals surface area contributed by atoms with E-state index < -0.39 is 6.10 Å². The van der Waals surface area contributed by atoms with E-state index in [4.69, 9.17) is 10.5 Å². The first-order valence-corrected chi connectivity index (χ1v) is 4.86. The highest BCUT2D eigenvalue weighted by molar-refractivity contribution is 5.33. The molecule has 3 nitrogen and oxygen atoms in total. The van der Waals surface area contributed by atoms with Gasteiger partial charge in [-0.05, 0) is 18.6 Å². The maximum absolute atomic E-state index is 9.42. The summed E-state index contributed by atoms with van der Waals surface area (Å²) in [6.07, 6.45) is 0.0590. The van der Waals surface area contributed by atoms with Gasteiger partial charge in [0.25, 0.3) is 0 Å². The minimum absolute atomic E-state index is 0.278. The van der Waals surface area contributed by atoms with Crippen molar-refractivity contribution in [1.29, 1.82) is 0 Å². The van der Waals surface area contributed by atoms with Crippen molar-refractivity contribution in [2.75, 3.05) is 13.2 Å². The third-order valence-corrected chi connectivity index (χ3v) is 2.00. The van der Waals surface area contributed by atoms with Crippen molar-refractivity contribution in [3.05, 3.63) is 29.8 Å². The first-order chi connectivity index (χ1) is 6.77.